The van der Waals surface area contributed by atoms with Gasteiger partial charge in [0.2, 0.25) is 10.0 Å². The summed E-state index contributed by atoms with van der Waals surface area (Å²) in [5.74, 6) is 0.244. The van der Waals surface area contributed by atoms with Gasteiger partial charge in [-0.3, -0.25) is 9.52 Å². The minimum atomic E-state index is -3.64. The Kier molecular flexibility index (Phi) is 3.29. The maximum absolute atomic E-state index is 12.6. The zero-order valence-corrected chi connectivity index (χ0v) is 13.7. The fourth-order valence-corrected chi connectivity index (χ4v) is 6.15. The Bertz CT molecular complexity index is 727. The van der Waals surface area contributed by atoms with E-state index >= 15 is 0 Å². The van der Waals surface area contributed by atoms with Crippen molar-refractivity contribution in [2.45, 2.75) is 33.1 Å². The van der Waals surface area contributed by atoms with E-state index in [1.165, 1.54) is 0 Å². The highest BCUT2D eigenvalue weighted by molar-refractivity contribution is 7.92. The molecule has 2 fully saturated rings. The van der Waals surface area contributed by atoms with Crippen molar-refractivity contribution in [1.29, 1.82) is 0 Å². The average Bonchev–Trinajstić information content (AvgIpc) is 2.74. The lowest BCUT2D eigenvalue weighted by Gasteiger charge is -2.36. The van der Waals surface area contributed by atoms with E-state index in [1.54, 1.807) is 24.3 Å². The molecular weight excluding hydrogens is 300 g/mol. The van der Waals surface area contributed by atoms with Gasteiger partial charge in [-0.25, -0.2) is 8.42 Å². The van der Waals surface area contributed by atoms with E-state index in [2.05, 4.69) is 4.72 Å². The number of fused-ring (bicyclic) bond motifs is 2. The van der Waals surface area contributed by atoms with E-state index in [1.807, 2.05) is 13.8 Å². The van der Waals surface area contributed by atoms with Gasteiger partial charge in [-0.2, -0.15) is 0 Å². The molecule has 0 aromatic heterocycles. The smallest absolute Gasteiger partial charge is 0.233 e. The van der Waals surface area contributed by atoms with Crippen molar-refractivity contribution < 1.29 is 13.2 Å². The number of carbonyl (C=O) groups excluding carboxylic acids is 1. The number of anilines is 2. The number of carbonyl (C=O) groups is 1. The molecule has 5 nitrogen and oxygen atoms in total. The minimum Gasteiger partial charge on any atom is -0.397 e. The Hall–Kier alpha value is -1.56. The number of sulfonamides is 1. The molecule has 22 heavy (non-hydrogen) atoms. The van der Waals surface area contributed by atoms with Crippen LogP contribution in [0.15, 0.2) is 24.3 Å². The predicted octanol–water partition coefficient (Wildman–Crippen LogP) is 2.41. The Morgan fingerprint density at radius 1 is 1.32 bits per heavy atom. The molecule has 1 aromatic carbocycles. The van der Waals surface area contributed by atoms with E-state index in [4.69, 9.17) is 5.73 Å². The van der Waals surface area contributed by atoms with Gasteiger partial charge < -0.3 is 5.73 Å². The number of para-hydroxylation sites is 2. The van der Waals surface area contributed by atoms with E-state index in [9.17, 15) is 13.2 Å². The second-order valence-corrected chi connectivity index (χ2v) is 8.84. The van der Waals surface area contributed by atoms with Crippen LogP contribution in [0, 0.1) is 16.7 Å². The van der Waals surface area contributed by atoms with Crippen LogP contribution in [0.2, 0.25) is 0 Å². The lowest BCUT2D eigenvalue weighted by Crippen LogP contribution is -2.43. The van der Waals surface area contributed by atoms with Gasteiger partial charge in [0, 0.05) is 6.42 Å². The average molecular weight is 322 g/mol. The summed E-state index contributed by atoms with van der Waals surface area (Å²) in [5.41, 5.74) is 5.53. The number of benzene rings is 1. The van der Waals surface area contributed by atoms with Crippen molar-refractivity contribution in [3.63, 3.8) is 0 Å². The summed E-state index contributed by atoms with van der Waals surface area (Å²) in [7, 11) is -3.64. The largest absolute Gasteiger partial charge is 0.397 e. The fraction of sp³-hybridized carbons (Fsp3) is 0.562. The topological polar surface area (TPSA) is 89.3 Å². The molecule has 6 heteroatoms. The summed E-state index contributed by atoms with van der Waals surface area (Å²) in [6.07, 6.45) is 2.10. The molecule has 0 heterocycles. The first-order chi connectivity index (χ1) is 10.2. The van der Waals surface area contributed by atoms with Crippen LogP contribution in [-0.4, -0.2) is 20.0 Å². The number of nitrogen functional groups attached to an aromatic ring is 1. The number of nitrogens with two attached hydrogens (primary N) is 1. The predicted molar refractivity (Wildman–Crippen MR) is 86.8 cm³/mol. The zero-order valence-electron chi connectivity index (χ0n) is 12.9. The monoisotopic (exact) mass is 322 g/mol. The number of hydrogen-bond acceptors (Lipinski definition) is 4. The van der Waals surface area contributed by atoms with Crippen LogP contribution in [-0.2, 0) is 14.8 Å². The first-order valence-electron chi connectivity index (χ1n) is 7.56. The second-order valence-electron chi connectivity index (χ2n) is 7.12. The molecule has 0 spiro atoms. The molecule has 2 saturated carbocycles. The van der Waals surface area contributed by atoms with Gasteiger partial charge in [-0.15, -0.1) is 0 Å². The van der Waals surface area contributed by atoms with Crippen LogP contribution < -0.4 is 10.5 Å². The van der Waals surface area contributed by atoms with Gasteiger partial charge in [0.05, 0.1) is 22.5 Å². The third-order valence-corrected chi connectivity index (χ3v) is 7.21. The summed E-state index contributed by atoms with van der Waals surface area (Å²) in [6.45, 7) is 4.06. The number of rotatable bonds is 4. The standard InChI is InChI=1S/C16H22N2O3S/c1-15(2)11-7-8-16(15,14(19)9-11)10-22(20,21)18-13-6-4-3-5-12(13)17/h3-6,11,18H,7-10,17H2,1-2H3/t11?,16-/m0/s1. The van der Waals surface area contributed by atoms with Crippen molar-refractivity contribution in [1.82, 2.24) is 0 Å². The Morgan fingerprint density at radius 2 is 2.00 bits per heavy atom. The third-order valence-electron chi connectivity index (χ3n) is 5.80. The highest BCUT2D eigenvalue weighted by Gasteiger charge is 2.65. The van der Waals surface area contributed by atoms with E-state index in [0.29, 0.717) is 30.1 Å². The SMILES string of the molecule is CC1(C)C2CC[C@]1(CS(=O)(=O)Nc1ccccc1N)C(=O)C2. The number of nitrogens with one attached hydrogen (secondary N) is 1. The Balaban J connectivity index is 1.89. The van der Waals surface area contributed by atoms with Crippen LogP contribution in [0.5, 0.6) is 0 Å². The molecule has 2 aliphatic rings. The summed E-state index contributed by atoms with van der Waals surface area (Å²) >= 11 is 0. The maximum atomic E-state index is 12.6. The van der Waals surface area contributed by atoms with Gasteiger partial charge in [0.15, 0.2) is 0 Å². The molecule has 1 unspecified atom stereocenters. The Morgan fingerprint density at radius 3 is 2.55 bits per heavy atom. The quantitative estimate of drug-likeness (QED) is 0.833. The van der Waals surface area contributed by atoms with Gasteiger partial charge in [0.25, 0.3) is 0 Å². The van der Waals surface area contributed by atoms with Crippen molar-refractivity contribution in [3.05, 3.63) is 24.3 Å². The molecule has 1 aromatic rings. The second kappa shape index (κ2) is 4.72. The molecule has 3 rings (SSSR count). The first-order valence-corrected chi connectivity index (χ1v) is 9.21. The molecule has 3 N–H and O–H groups in total. The number of Topliss-reactive ketones (excluding diaryl/α,β-unsaturated/α-hetero) is 1. The molecule has 0 aliphatic heterocycles. The molecule has 120 valence electrons. The fourth-order valence-electron chi connectivity index (χ4n) is 4.23. The lowest BCUT2D eigenvalue weighted by molar-refractivity contribution is -0.128. The number of hydrogen-bond donors (Lipinski definition) is 2. The molecule has 2 aliphatic carbocycles. The highest BCUT2D eigenvalue weighted by atomic mass is 32.2. The summed E-state index contributed by atoms with van der Waals surface area (Å²) in [6, 6.07) is 6.75. The van der Waals surface area contributed by atoms with Crippen LogP contribution in [0.4, 0.5) is 11.4 Å². The van der Waals surface area contributed by atoms with Gasteiger partial charge in [-0.1, -0.05) is 26.0 Å². The zero-order chi connectivity index (χ0) is 16.2. The molecule has 2 bridgehead atoms. The van der Waals surface area contributed by atoms with Crippen molar-refractivity contribution in [2.75, 3.05) is 16.2 Å². The summed E-state index contributed by atoms with van der Waals surface area (Å²) < 4.78 is 27.8. The van der Waals surface area contributed by atoms with Crippen molar-refractivity contribution in [2.24, 2.45) is 16.7 Å². The molecule has 2 atom stereocenters. The van der Waals surface area contributed by atoms with Gasteiger partial charge >= 0.3 is 0 Å². The van der Waals surface area contributed by atoms with Gasteiger partial charge in [-0.05, 0) is 36.3 Å². The highest BCUT2D eigenvalue weighted by Crippen LogP contribution is 2.64. The minimum absolute atomic E-state index is 0.0974. The first kappa shape index (κ1) is 15.3. The lowest BCUT2D eigenvalue weighted by atomic mass is 9.70. The summed E-state index contributed by atoms with van der Waals surface area (Å²) in [4.78, 5) is 12.5. The van der Waals surface area contributed by atoms with Crippen LogP contribution in [0.1, 0.15) is 33.1 Å². The van der Waals surface area contributed by atoms with Crippen LogP contribution >= 0.6 is 0 Å². The molecule has 0 saturated heterocycles. The molecule has 0 radical (unpaired) electrons. The van der Waals surface area contributed by atoms with Gasteiger partial charge in [0.1, 0.15) is 5.78 Å². The normalized spacial score (nSPS) is 29.7. The molecule has 0 amide bonds. The Labute approximate surface area is 131 Å². The van der Waals surface area contributed by atoms with E-state index in [-0.39, 0.29) is 17.0 Å². The summed E-state index contributed by atoms with van der Waals surface area (Å²) in [5, 5.41) is 0. The van der Waals surface area contributed by atoms with Crippen molar-refractivity contribution >= 4 is 27.2 Å². The van der Waals surface area contributed by atoms with Crippen molar-refractivity contribution in [3.8, 4) is 0 Å². The number of ketones is 1. The van der Waals surface area contributed by atoms with Crippen LogP contribution in [0.3, 0.4) is 0 Å². The van der Waals surface area contributed by atoms with E-state index < -0.39 is 15.4 Å². The maximum Gasteiger partial charge on any atom is 0.233 e. The molecular formula is C16H22N2O3S. The third kappa shape index (κ3) is 2.12. The van der Waals surface area contributed by atoms with Crippen LogP contribution in [0.25, 0.3) is 0 Å². The van der Waals surface area contributed by atoms with E-state index in [0.717, 1.165) is 6.42 Å².